The summed E-state index contributed by atoms with van der Waals surface area (Å²) in [6, 6.07) is 0. The second-order valence-corrected chi connectivity index (χ2v) is 6.83. The topological polar surface area (TPSA) is 0 Å². The monoisotopic (exact) mass is 132 g/mol. The quantitative estimate of drug-likeness (QED) is 0.387. The number of halogens is 1. The summed E-state index contributed by atoms with van der Waals surface area (Å²) in [5, 5.41) is -1.13. The van der Waals surface area contributed by atoms with E-state index in [2.05, 4.69) is 24.1 Å². The maximum absolute atomic E-state index is 5.06. The fourth-order valence-corrected chi connectivity index (χ4v) is 0. The number of hydrogen-bond acceptors (Lipinski definition) is 1. The average molecular weight is 133 g/mol. The maximum atomic E-state index is 5.06. The van der Waals surface area contributed by atoms with E-state index < -0.39 is 5.25 Å². The van der Waals surface area contributed by atoms with Crippen molar-refractivity contribution in [2.24, 2.45) is 0 Å². The van der Waals surface area contributed by atoms with Gasteiger partial charge in [0, 0.05) is 0 Å². The van der Waals surface area contributed by atoms with Gasteiger partial charge in [0.05, 0.1) is 5.25 Å². The summed E-state index contributed by atoms with van der Waals surface area (Å²) in [5.74, 6) is 0. The molecular weight excluding hydrogens is 131 g/mol. The van der Waals surface area contributed by atoms with Crippen LogP contribution in [0.5, 0.6) is 0 Å². The highest BCUT2D eigenvalue weighted by molar-refractivity contribution is 8.63. The molecular formula is H2ClPS2. The molecule has 0 bridgehead atoms. The standard InChI is InChI=1S/ClH2PS2/c1-2(3)4/h2H,(H,3,4). The Bertz CT molecular complexity index is 29.0. The normalized spacial score (nSPS) is 15.5. The van der Waals surface area contributed by atoms with Gasteiger partial charge in [-0.05, 0) is 0 Å². The van der Waals surface area contributed by atoms with Crippen LogP contribution in [0.2, 0.25) is 0 Å². The van der Waals surface area contributed by atoms with Crippen molar-refractivity contribution in [3.63, 3.8) is 0 Å². The lowest BCUT2D eigenvalue weighted by Gasteiger charge is -1.59. The van der Waals surface area contributed by atoms with Gasteiger partial charge in [0.1, 0.15) is 0 Å². The lowest BCUT2D eigenvalue weighted by atomic mass is 30.0. The van der Waals surface area contributed by atoms with Crippen LogP contribution in [0.15, 0.2) is 0 Å². The van der Waals surface area contributed by atoms with E-state index in [1.165, 1.54) is 0 Å². The molecule has 4 heavy (non-hydrogen) atoms. The molecule has 0 radical (unpaired) electrons. The second kappa shape index (κ2) is 2.52. The molecule has 0 rings (SSSR count). The zero-order valence-corrected chi connectivity index (χ0v) is 5.20. The first kappa shape index (κ1) is 5.29. The fourth-order valence-electron chi connectivity index (χ4n) is 0. The van der Waals surface area contributed by atoms with Crippen LogP contribution in [0.25, 0.3) is 0 Å². The van der Waals surface area contributed by atoms with Crippen molar-refractivity contribution < 1.29 is 0 Å². The molecule has 0 saturated heterocycles. The molecule has 4 heteroatoms. The van der Waals surface area contributed by atoms with Crippen LogP contribution < -0.4 is 0 Å². The van der Waals surface area contributed by atoms with Crippen LogP contribution in [0.1, 0.15) is 0 Å². The molecule has 0 N–H and O–H groups in total. The fraction of sp³-hybridized carbons (Fsp3) is 0. The first-order valence-electron chi connectivity index (χ1n) is 0.617. The van der Waals surface area contributed by atoms with E-state index in [0.29, 0.717) is 0 Å². The highest BCUT2D eigenvalue weighted by atomic mass is 35.7. The molecule has 0 aromatic carbocycles. The SMILES string of the molecule is S=[PH](S)Cl. The molecule has 0 aliphatic carbocycles. The van der Waals surface area contributed by atoms with E-state index in [1.807, 2.05) is 0 Å². The second-order valence-electron chi connectivity index (χ2n) is 0.253. The molecule has 0 spiro atoms. The van der Waals surface area contributed by atoms with Gasteiger partial charge in [-0.25, -0.2) is 0 Å². The molecule has 0 amide bonds. The van der Waals surface area contributed by atoms with Crippen LogP contribution in [0.3, 0.4) is 0 Å². The molecule has 0 aliphatic rings. The molecule has 0 aromatic heterocycles. The van der Waals surface area contributed by atoms with Crippen molar-refractivity contribution in [1.82, 2.24) is 0 Å². The van der Waals surface area contributed by atoms with Crippen molar-refractivity contribution in [3.05, 3.63) is 0 Å². The lowest BCUT2D eigenvalue weighted by molar-refractivity contribution is 5.06. The summed E-state index contributed by atoms with van der Waals surface area (Å²) < 4.78 is 0. The number of hydrogen-bond donors (Lipinski definition) is 1. The van der Waals surface area contributed by atoms with Gasteiger partial charge < -0.3 is 0 Å². The van der Waals surface area contributed by atoms with Crippen molar-refractivity contribution in [1.29, 1.82) is 0 Å². The summed E-state index contributed by atoms with van der Waals surface area (Å²) in [6.07, 6.45) is 0. The van der Waals surface area contributed by atoms with E-state index in [4.69, 9.17) is 11.2 Å². The minimum atomic E-state index is -1.13. The Hall–Kier alpha value is 1.29. The summed E-state index contributed by atoms with van der Waals surface area (Å²) in [5.41, 5.74) is 0. The summed E-state index contributed by atoms with van der Waals surface area (Å²) >= 11 is 13.1. The molecule has 1 unspecified atom stereocenters. The van der Waals surface area contributed by atoms with Gasteiger partial charge in [0.25, 0.3) is 0 Å². The van der Waals surface area contributed by atoms with Crippen molar-refractivity contribution >= 4 is 40.5 Å². The molecule has 0 aliphatic heterocycles. The number of thiol groups is 1. The van der Waals surface area contributed by atoms with Crippen LogP contribution >= 0.6 is 28.7 Å². The van der Waals surface area contributed by atoms with Gasteiger partial charge in [0.2, 0.25) is 0 Å². The Morgan fingerprint density at radius 3 is 2.00 bits per heavy atom. The molecule has 1 atom stereocenters. The van der Waals surface area contributed by atoms with E-state index in [0.717, 1.165) is 0 Å². The number of rotatable bonds is 0. The smallest absolute Gasteiger partial charge is 0.0744 e. The Morgan fingerprint density at radius 1 is 2.00 bits per heavy atom. The Morgan fingerprint density at radius 2 is 2.00 bits per heavy atom. The molecule has 0 fully saturated rings. The van der Waals surface area contributed by atoms with Crippen molar-refractivity contribution in [3.8, 4) is 0 Å². The maximum Gasteiger partial charge on any atom is 0.0744 e. The van der Waals surface area contributed by atoms with E-state index in [1.54, 1.807) is 0 Å². The van der Waals surface area contributed by atoms with E-state index in [9.17, 15) is 0 Å². The van der Waals surface area contributed by atoms with Gasteiger partial charge in [0.15, 0.2) is 0 Å². The molecule has 26 valence electrons. The summed E-state index contributed by atoms with van der Waals surface area (Å²) in [7, 11) is 0. The van der Waals surface area contributed by atoms with Gasteiger partial charge in [-0.1, -0.05) is 23.0 Å². The van der Waals surface area contributed by atoms with Crippen LogP contribution in [-0.2, 0) is 11.8 Å². The summed E-state index contributed by atoms with van der Waals surface area (Å²) in [4.78, 5) is 0. The largest absolute Gasteiger partial charge is 0.129 e. The minimum Gasteiger partial charge on any atom is -0.129 e. The minimum absolute atomic E-state index is 1.13. The highest BCUT2D eigenvalue weighted by Crippen LogP contribution is 2.30. The van der Waals surface area contributed by atoms with Crippen LogP contribution in [0, 0.1) is 0 Å². The molecule has 0 heterocycles. The summed E-state index contributed by atoms with van der Waals surface area (Å²) in [6.45, 7) is 0. The predicted molar refractivity (Wildman–Crippen MR) is 30.5 cm³/mol. The Kier molecular flexibility index (Phi) is 3.34. The van der Waals surface area contributed by atoms with Gasteiger partial charge >= 0.3 is 0 Å². The van der Waals surface area contributed by atoms with E-state index in [-0.39, 0.29) is 0 Å². The van der Waals surface area contributed by atoms with Gasteiger partial charge in [-0.3, -0.25) is 0 Å². The lowest BCUT2D eigenvalue weighted by Crippen LogP contribution is -0.928. The zero-order chi connectivity index (χ0) is 3.58. The van der Waals surface area contributed by atoms with Crippen molar-refractivity contribution in [2.45, 2.75) is 0 Å². The van der Waals surface area contributed by atoms with Gasteiger partial charge in [-0.2, -0.15) is 0 Å². The molecule has 0 saturated carbocycles. The molecule has 0 aromatic rings. The average Bonchev–Trinajstić information content (AvgIpc) is 0.811. The van der Waals surface area contributed by atoms with Crippen LogP contribution in [0.4, 0.5) is 0 Å². The Labute approximate surface area is 40.9 Å². The zero-order valence-electron chi connectivity index (χ0n) is 1.73. The predicted octanol–water partition coefficient (Wildman–Crippen LogP) is 1.66. The molecule has 0 nitrogen and oxygen atoms in total. The first-order chi connectivity index (χ1) is 1.73. The van der Waals surface area contributed by atoms with Crippen LogP contribution in [-0.4, -0.2) is 0 Å². The highest BCUT2D eigenvalue weighted by Gasteiger charge is 1.57. The Balaban J connectivity index is 2.80. The third-order valence-electron chi connectivity index (χ3n) is 0. The third kappa shape index (κ3) is 10.4. The van der Waals surface area contributed by atoms with Crippen molar-refractivity contribution in [2.75, 3.05) is 0 Å². The van der Waals surface area contributed by atoms with Gasteiger partial charge in [-0.15, -0.1) is 12.2 Å². The third-order valence-corrected chi connectivity index (χ3v) is 0. The first-order valence-corrected chi connectivity index (χ1v) is 5.55. The van der Waals surface area contributed by atoms with E-state index >= 15 is 0 Å².